The van der Waals surface area contributed by atoms with Gasteiger partial charge >= 0.3 is 12.1 Å². The van der Waals surface area contributed by atoms with Gasteiger partial charge < -0.3 is 15.7 Å². The van der Waals surface area contributed by atoms with E-state index in [9.17, 15) is 27.6 Å². The van der Waals surface area contributed by atoms with E-state index in [2.05, 4.69) is 10.6 Å². The summed E-state index contributed by atoms with van der Waals surface area (Å²) < 4.78 is 36.6. The third kappa shape index (κ3) is 9.07. The Bertz CT molecular complexity index is 658. The van der Waals surface area contributed by atoms with Gasteiger partial charge in [-0.2, -0.15) is 13.2 Å². The number of rotatable bonds is 9. The molecule has 0 spiro atoms. The Hall–Kier alpha value is -2.58. The van der Waals surface area contributed by atoms with Crippen LogP contribution >= 0.6 is 0 Å². The third-order valence-electron chi connectivity index (χ3n) is 3.66. The molecule has 2 amide bonds. The van der Waals surface area contributed by atoms with Crippen LogP contribution in [0.5, 0.6) is 0 Å². The Morgan fingerprint density at radius 2 is 1.70 bits per heavy atom. The third-order valence-corrected chi connectivity index (χ3v) is 3.66. The fraction of sp³-hybridized carbons (Fsp3) is 0.500. The molecular formula is C18H23F3N2O4. The number of hydrogen-bond acceptors (Lipinski definition) is 3. The first-order valence-electron chi connectivity index (χ1n) is 8.44. The number of benzene rings is 1. The van der Waals surface area contributed by atoms with E-state index in [-0.39, 0.29) is 24.3 Å². The molecule has 0 aromatic heterocycles. The monoisotopic (exact) mass is 388 g/mol. The fourth-order valence-corrected chi connectivity index (χ4v) is 2.31. The average Bonchev–Trinajstić information content (AvgIpc) is 2.56. The average molecular weight is 388 g/mol. The molecule has 0 saturated heterocycles. The highest BCUT2D eigenvalue weighted by atomic mass is 19.4. The van der Waals surface area contributed by atoms with Crippen molar-refractivity contribution in [2.45, 2.75) is 45.3 Å². The topological polar surface area (TPSA) is 95.5 Å². The van der Waals surface area contributed by atoms with E-state index >= 15 is 0 Å². The minimum Gasteiger partial charge on any atom is -0.480 e. The van der Waals surface area contributed by atoms with E-state index in [0.717, 1.165) is 0 Å². The summed E-state index contributed by atoms with van der Waals surface area (Å²) in [7, 11) is 0. The van der Waals surface area contributed by atoms with Gasteiger partial charge in [0.2, 0.25) is 5.91 Å². The Labute approximate surface area is 155 Å². The summed E-state index contributed by atoms with van der Waals surface area (Å²) in [6, 6.07) is 4.55. The fourth-order valence-electron chi connectivity index (χ4n) is 2.31. The number of carbonyl (C=O) groups excluding carboxylic acids is 2. The summed E-state index contributed by atoms with van der Waals surface area (Å²) in [5.41, 5.74) is 0.634. The standard InChI is InChI=1S/C18H23F3N2O4/c1-11(2)9-14(17(26)27)23-15(24)10-22-16(25)13-5-3-12(4-6-13)7-8-18(19,20)21/h3-6,11,14H,7-10H2,1-2H3,(H,22,25)(H,23,24)(H,26,27)/t14-/m0/s1. The molecule has 150 valence electrons. The first-order chi connectivity index (χ1) is 12.5. The molecule has 0 fully saturated rings. The first kappa shape index (κ1) is 22.5. The number of nitrogens with one attached hydrogen (secondary N) is 2. The van der Waals surface area contributed by atoms with Crippen LogP contribution in [0.2, 0.25) is 0 Å². The van der Waals surface area contributed by atoms with Crippen molar-refractivity contribution in [2.24, 2.45) is 5.92 Å². The number of aryl methyl sites for hydroxylation is 1. The van der Waals surface area contributed by atoms with Gasteiger partial charge in [-0.15, -0.1) is 0 Å². The van der Waals surface area contributed by atoms with Crippen LogP contribution in [0.15, 0.2) is 24.3 Å². The van der Waals surface area contributed by atoms with E-state index in [1.807, 2.05) is 13.8 Å². The summed E-state index contributed by atoms with van der Waals surface area (Å²) >= 11 is 0. The zero-order chi connectivity index (χ0) is 20.6. The van der Waals surface area contributed by atoms with Gasteiger partial charge in [-0.3, -0.25) is 9.59 Å². The molecule has 0 saturated carbocycles. The number of carbonyl (C=O) groups is 3. The van der Waals surface area contributed by atoms with Crippen molar-refractivity contribution in [1.29, 1.82) is 0 Å². The van der Waals surface area contributed by atoms with Crippen molar-refractivity contribution in [2.75, 3.05) is 6.54 Å². The van der Waals surface area contributed by atoms with E-state index in [1.54, 1.807) is 0 Å². The number of aliphatic carboxylic acids is 1. The van der Waals surface area contributed by atoms with E-state index in [0.29, 0.717) is 5.56 Å². The molecule has 6 nitrogen and oxygen atoms in total. The van der Waals surface area contributed by atoms with E-state index in [4.69, 9.17) is 5.11 Å². The maximum absolute atomic E-state index is 12.2. The van der Waals surface area contributed by atoms with Gasteiger partial charge in [0.1, 0.15) is 6.04 Å². The SMILES string of the molecule is CC(C)C[C@H](NC(=O)CNC(=O)c1ccc(CCC(F)(F)F)cc1)C(=O)O. The van der Waals surface area contributed by atoms with Gasteiger partial charge in [0.05, 0.1) is 6.54 Å². The highest BCUT2D eigenvalue weighted by Crippen LogP contribution is 2.22. The maximum Gasteiger partial charge on any atom is 0.389 e. The lowest BCUT2D eigenvalue weighted by molar-refractivity contribution is -0.142. The van der Waals surface area contributed by atoms with Crippen LogP contribution in [0.4, 0.5) is 13.2 Å². The van der Waals surface area contributed by atoms with Gasteiger partial charge in [0.15, 0.2) is 0 Å². The molecule has 1 rings (SSSR count). The lowest BCUT2D eigenvalue weighted by Crippen LogP contribution is -2.46. The van der Waals surface area contributed by atoms with Crippen molar-refractivity contribution < 1.29 is 32.7 Å². The second kappa shape index (κ2) is 9.94. The Morgan fingerprint density at radius 1 is 1.11 bits per heavy atom. The number of hydrogen-bond donors (Lipinski definition) is 3. The number of halogens is 3. The highest BCUT2D eigenvalue weighted by Gasteiger charge is 2.26. The van der Waals surface area contributed by atoms with Crippen molar-refractivity contribution in [3.63, 3.8) is 0 Å². The molecule has 0 bridgehead atoms. The first-order valence-corrected chi connectivity index (χ1v) is 8.44. The molecule has 0 aliphatic heterocycles. The smallest absolute Gasteiger partial charge is 0.389 e. The van der Waals surface area contributed by atoms with Crippen LogP contribution in [0.1, 0.15) is 42.6 Å². The summed E-state index contributed by atoms with van der Waals surface area (Å²) in [5.74, 6) is -2.31. The van der Waals surface area contributed by atoms with Crippen LogP contribution < -0.4 is 10.6 Å². The lowest BCUT2D eigenvalue weighted by atomic mass is 10.0. The van der Waals surface area contributed by atoms with Gasteiger partial charge in [-0.25, -0.2) is 4.79 Å². The van der Waals surface area contributed by atoms with Crippen LogP contribution in [0.3, 0.4) is 0 Å². The van der Waals surface area contributed by atoms with Crippen molar-refractivity contribution in [3.05, 3.63) is 35.4 Å². The molecule has 1 atom stereocenters. The molecule has 1 aromatic carbocycles. The molecule has 0 aliphatic rings. The molecule has 0 radical (unpaired) electrons. The van der Waals surface area contributed by atoms with Crippen molar-refractivity contribution in [3.8, 4) is 0 Å². The molecule has 3 N–H and O–H groups in total. The summed E-state index contributed by atoms with van der Waals surface area (Å²) in [5, 5.41) is 13.8. The largest absolute Gasteiger partial charge is 0.480 e. The number of carboxylic acids is 1. The normalized spacial score (nSPS) is 12.5. The molecule has 0 aliphatic carbocycles. The Kier molecular flexibility index (Phi) is 8.27. The minimum atomic E-state index is -4.24. The predicted octanol–water partition coefficient (Wildman–Crippen LogP) is 2.53. The number of carboxylic acid groups (broad SMARTS) is 1. The van der Waals surface area contributed by atoms with E-state index in [1.165, 1.54) is 24.3 Å². The van der Waals surface area contributed by atoms with Gasteiger partial charge in [0, 0.05) is 12.0 Å². The quantitative estimate of drug-likeness (QED) is 0.606. The van der Waals surface area contributed by atoms with Crippen molar-refractivity contribution in [1.82, 2.24) is 10.6 Å². The van der Waals surface area contributed by atoms with Crippen molar-refractivity contribution >= 4 is 17.8 Å². The summed E-state index contributed by atoms with van der Waals surface area (Å²) in [4.78, 5) is 34.9. The second-order valence-corrected chi connectivity index (χ2v) is 6.58. The second-order valence-electron chi connectivity index (χ2n) is 6.58. The molecular weight excluding hydrogens is 365 g/mol. The molecule has 27 heavy (non-hydrogen) atoms. The van der Waals surface area contributed by atoms with Crippen LogP contribution in [-0.4, -0.2) is 41.7 Å². The van der Waals surface area contributed by atoms with Crippen LogP contribution in [-0.2, 0) is 16.0 Å². The van der Waals surface area contributed by atoms with Gasteiger partial charge in [-0.1, -0.05) is 26.0 Å². The van der Waals surface area contributed by atoms with Gasteiger partial charge in [0.25, 0.3) is 5.91 Å². The summed E-state index contributed by atoms with van der Waals surface area (Å²) in [6.45, 7) is 3.24. The predicted molar refractivity (Wildman–Crippen MR) is 92.2 cm³/mol. The minimum absolute atomic E-state index is 0.0665. The molecule has 1 aromatic rings. The van der Waals surface area contributed by atoms with Gasteiger partial charge in [-0.05, 0) is 36.5 Å². The Balaban J connectivity index is 2.51. The number of alkyl halides is 3. The number of amides is 2. The Morgan fingerprint density at radius 3 is 2.19 bits per heavy atom. The summed E-state index contributed by atoms with van der Waals surface area (Å²) in [6.07, 6.45) is -5.11. The maximum atomic E-state index is 12.2. The molecule has 9 heteroatoms. The van der Waals surface area contributed by atoms with Crippen LogP contribution in [0, 0.1) is 5.92 Å². The molecule has 0 unspecified atom stereocenters. The molecule has 0 heterocycles. The highest BCUT2D eigenvalue weighted by molar-refractivity contribution is 5.96. The zero-order valence-electron chi connectivity index (χ0n) is 15.1. The zero-order valence-corrected chi connectivity index (χ0v) is 15.1. The lowest BCUT2D eigenvalue weighted by Gasteiger charge is -2.16. The van der Waals surface area contributed by atoms with E-state index < -0.39 is 43.0 Å². The van der Waals surface area contributed by atoms with Crippen LogP contribution in [0.25, 0.3) is 0 Å².